The standard InChI is InChI=1S/C16H21N3O6/c1-9(17)14(22)18-11(8-13(20)21)15(23)19-12(16(24)25)7-10-5-3-2-4-6-10/h2-6,9,11-12H,7-8,17H2,1H3,(H,18,22)(H,19,23)(H,20,21)(H,24,25)/t9-,11+,12+/m1/s1. The van der Waals surface area contributed by atoms with Crippen LogP contribution in [0.25, 0.3) is 0 Å². The van der Waals surface area contributed by atoms with Crippen molar-refractivity contribution in [2.45, 2.75) is 37.9 Å². The van der Waals surface area contributed by atoms with Gasteiger partial charge in [-0.15, -0.1) is 0 Å². The SMILES string of the molecule is C[C@@H](N)C(=O)N[C@@H](CC(=O)O)C(=O)N[C@@H](Cc1ccccc1)C(=O)O. The van der Waals surface area contributed by atoms with E-state index in [1.165, 1.54) is 6.92 Å². The Morgan fingerprint density at radius 1 is 1.00 bits per heavy atom. The normalized spacial score (nSPS) is 14.0. The van der Waals surface area contributed by atoms with Crippen LogP contribution < -0.4 is 16.4 Å². The third-order valence-corrected chi connectivity index (χ3v) is 3.32. The van der Waals surface area contributed by atoms with E-state index in [1.807, 2.05) is 0 Å². The highest BCUT2D eigenvalue weighted by atomic mass is 16.4. The van der Waals surface area contributed by atoms with E-state index in [2.05, 4.69) is 10.6 Å². The second-order valence-electron chi connectivity index (χ2n) is 5.54. The van der Waals surface area contributed by atoms with Gasteiger partial charge in [-0.3, -0.25) is 14.4 Å². The van der Waals surface area contributed by atoms with Gasteiger partial charge in [0, 0.05) is 6.42 Å². The summed E-state index contributed by atoms with van der Waals surface area (Å²) >= 11 is 0. The summed E-state index contributed by atoms with van der Waals surface area (Å²) in [6.07, 6.45) is -0.676. The molecule has 0 aliphatic carbocycles. The first kappa shape index (κ1) is 20.1. The highest BCUT2D eigenvalue weighted by Gasteiger charge is 2.29. The molecule has 0 aromatic heterocycles. The van der Waals surface area contributed by atoms with Crippen LogP contribution in [0.2, 0.25) is 0 Å². The highest BCUT2D eigenvalue weighted by molar-refractivity contribution is 5.93. The van der Waals surface area contributed by atoms with Gasteiger partial charge < -0.3 is 26.6 Å². The highest BCUT2D eigenvalue weighted by Crippen LogP contribution is 2.05. The van der Waals surface area contributed by atoms with Gasteiger partial charge in [0.15, 0.2) is 0 Å². The molecule has 9 nitrogen and oxygen atoms in total. The second kappa shape index (κ2) is 9.38. The minimum Gasteiger partial charge on any atom is -0.481 e. The molecule has 2 amide bonds. The average Bonchev–Trinajstić information content (AvgIpc) is 2.53. The molecule has 1 aromatic carbocycles. The van der Waals surface area contributed by atoms with Crippen LogP contribution in [-0.4, -0.2) is 52.1 Å². The van der Waals surface area contributed by atoms with E-state index >= 15 is 0 Å². The third-order valence-electron chi connectivity index (χ3n) is 3.32. The minimum absolute atomic E-state index is 0.0168. The fourth-order valence-corrected chi connectivity index (χ4v) is 2.01. The third kappa shape index (κ3) is 7.00. The van der Waals surface area contributed by atoms with Crippen LogP contribution >= 0.6 is 0 Å². The van der Waals surface area contributed by atoms with E-state index in [1.54, 1.807) is 30.3 Å². The largest absolute Gasteiger partial charge is 0.481 e. The first-order chi connectivity index (χ1) is 11.7. The number of carboxylic acids is 2. The number of carbonyl (C=O) groups is 4. The van der Waals surface area contributed by atoms with E-state index in [9.17, 15) is 24.3 Å². The summed E-state index contributed by atoms with van der Waals surface area (Å²) in [6, 6.07) is 5.00. The number of hydrogen-bond acceptors (Lipinski definition) is 5. The first-order valence-corrected chi connectivity index (χ1v) is 7.55. The zero-order valence-electron chi connectivity index (χ0n) is 13.6. The summed E-state index contributed by atoms with van der Waals surface area (Å²) in [6.45, 7) is 1.38. The monoisotopic (exact) mass is 351 g/mol. The maximum absolute atomic E-state index is 12.2. The fraction of sp³-hybridized carbons (Fsp3) is 0.375. The van der Waals surface area contributed by atoms with Gasteiger partial charge in [-0.05, 0) is 12.5 Å². The molecule has 0 heterocycles. The fourth-order valence-electron chi connectivity index (χ4n) is 2.01. The Bertz CT molecular complexity index is 632. The maximum Gasteiger partial charge on any atom is 0.326 e. The van der Waals surface area contributed by atoms with Crippen molar-refractivity contribution in [2.75, 3.05) is 0 Å². The zero-order chi connectivity index (χ0) is 19.0. The number of nitrogens with two attached hydrogens (primary N) is 1. The van der Waals surface area contributed by atoms with Crippen LogP contribution in [0.3, 0.4) is 0 Å². The average molecular weight is 351 g/mol. The molecule has 1 aromatic rings. The predicted octanol–water partition coefficient (Wildman–Crippen LogP) is -0.895. The summed E-state index contributed by atoms with van der Waals surface area (Å²) in [5.41, 5.74) is 6.07. The molecule has 3 atom stereocenters. The van der Waals surface area contributed by atoms with Crippen molar-refractivity contribution in [3.05, 3.63) is 35.9 Å². The van der Waals surface area contributed by atoms with Crippen molar-refractivity contribution in [1.82, 2.24) is 10.6 Å². The van der Waals surface area contributed by atoms with Crippen LogP contribution in [-0.2, 0) is 25.6 Å². The summed E-state index contributed by atoms with van der Waals surface area (Å²) < 4.78 is 0. The molecular formula is C16H21N3O6. The molecule has 0 saturated carbocycles. The number of nitrogens with one attached hydrogen (secondary N) is 2. The molecule has 6 N–H and O–H groups in total. The van der Waals surface area contributed by atoms with Gasteiger partial charge >= 0.3 is 11.9 Å². The van der Waals surface area contributed by atoms with E-state index in [0.717, 1.165) is 0 Å². The van der Waals surface area contributed by atoms with Gasteiger partial charge in [0.1, 0.15) is 12.1 Å². The molecule has 9 heteroatoms. The van der Waals surface area contributed by atoms with Crippen LogP contribution in [0.4, 0.5) is 0 Å². The van der Waals surface area contributed by atoms with E-state index in [4.69, 9.17) is 10.8 Å². The molecule has 0 spiro atoms. The number of carbonyl (C=O) groups excluding carboxylic acids is 2. The summed E-state index contributed by atoms with van der Waals surface area (Å²) in [5, 5.41) is 22.6. The lowest BCUT2D eigenvalue weighted by Gasteiger charge is -2.21. The van der Waals surface area contributed by atoms with Crippen molar-refractivity contribution < 1.29 is 29.4 Å². The van der Waals surface area contributed by atoms with Gasteiger partial charge in [-0.25, -0.2) is 4.79 Å². The van der Waals surface area contributed by atoms with Crippen molar-refractivity contribution in [3.63, 3.8) is 0 Å². The second-order valence-corrected chi connectivity index (χ2v) is 5.54. The molecule has 0 saturated heterocycles. The molecule has 0 unspecified atom stereocenters. The Hall–Kier alpha value is -2.94. The Kier molecular flexibility index (Phi) is 7.54. The summed E-state index contributed by atoms with van der Waals surface area (Å²) in [7, 11) is 0. The molecule has 25 heavy (non-hydrogen) atoms. The summed E-state index contributed by atoms with van der Waals surface area (Å²) in [4.78, 5) is 46.1. The number of benzene rings is 1. The number of rotatable bonds is 9. The van der Waals surface area contributed by atoms with Crippen molar-refractivity contribution >= 4 is 23.8 Å². The number of carboxylic acid groups (broad SMARTS) is 2. The van der Waals surface area contributed by atoms with Gasteiger partial charge in [-0.2, -0.15) is 0 Å². The Morgan fingerprint density at radius 2 is 1.56 bits per heavy atom. The van der Waals surface area contributed by atoms with Crippen LogP contribution in [0.15, 0.2) is 30.3 Å². The van der Waals surface area contributed by atoms with Crippen LogP contribution in [0, 0.1) is 0 Å². The van der Waals surface area contributed by atoms with E-state index < -0.39 is 48.3 Å². The zero-order valence-corrected chi connectivity index (χ0v) is 13.6. The minimum atomic E-state index is -1.42. The molecule has 0 bridgehead atoms. The molecule has 0 fully saturated rings. The smallest absolute Gasteiger partial charge is 0.326 e. The Balaban J connectivity index is 2.84. The summed E-state index contributed by atoms with van der Waals surface area (Å²) in [5.74, 6) is -4.21. The quantitative estimate of drug-likeness (QED) is 0.386. The molecule has 0 radical (unpaired) electrons. The molecule has 0 aliphatic heterocycles. The Morgan fingerprint density at radius 3 is 2.04 bits per heavy atom. The van der Waals surface area contributed by atoms with E-state index in [-0.39, 0.29) is 6.42 Å². The molecular weight excluding hydrogens is 330 g/mol. The molecule has 0 aliphatic rings. The number of aliphatic carboxylic acids is 2. The van der Waals surface area contributed by atoms with Crippen LogP contribution in [0.1, 0.15) is 18.9 Å². The van der Waals surface area contributed by atoms with Gasteiger partial charge in [0.2, 0.25) is 11.8 Å². The Labute approximate surface area is 144 Å². The van der Waals surface area contributed by atoms with Gasteiger partial charge in [-0.1, -0.05) is 30.3 Å². The first-order valence-electron chi connectivity index (χ1n) is 7.55. The molecule has 1 rings (SSSR count). The van der Waals surface area contributed by atoms with Gasteiger partial charge in [0.25, 0.3) is 0 Å². The lowest BCUT2D eigenvalue weighted by atomic mass is 10.1. The molecule has 136 valence electrons. The van der Waals surface area contributed by atoms with Crippen molar-refractivity contribution in [1.29, 1.82) is 0 Å². The topological polar surface area (TPSA) is 159 Å². The van der Waals surface area contributed by atoms with Gasteiger partial charge in [0.05, 0.1) is 12.5 Å². The lowest BCUT2D eigenvalue weighted by molar-refractivity contribution is -0.143. The maximum atomic E-state index is 12.2. The van der Waals surface area contributed by atoms with Crippen molar-refractivity contribution in [3.8, 4) is 0 Å². The van der Waals surface area contributed by atoms with Crippen molar-refractivity contribution in [2.24, 2.45) is 5.73 Å². The van der Waals surface area contributed by atoms with Crippen LogP contribution in [0.5, 0.6) is 0 Å². The number of amides is 2. The predicted molar refractivity (Wildman–Crippen MR) is 87.5 cm³/mol. The number of hydrogen-bond donors (Lipinski definition) is 5. The van der Waals surface area contributed by atoms with E-state index in [0.29, 0.717) is 5.56 Å². The lowest BCUT2D eigenvalue weighted by Crippen LogP contribution is -2.55.